The Labute approximate surface area is 115 Å². The van der Waals surface area contributed by atoms with Crippen molar-refractivity contribution in [3.8, 4) is 6.07 Å². The smallest absolute Gasteiger partial charge is 0.0992 e. The van der Waals surface area contributed by atoms with E-state index in [9.17, 15) is 0 Å². The fourth-order valence-electron chi connectivity index (χ4n) is 2.30. The monoisotopic (exact) mass is 258 g/mol. The van der Waals surface area contributed by atoms with E-state index < -0.39 is 0 Å². The molecule has 0 saturated carbocycles. The van der Waals surface area contributed by atoms with E-state index in [0.29, 0.717) is 5.56 Å². The fourth-order valence-corrected chi connectivity index (χ4v) is 2.30. The zero-order chi connectivity index (χ0) is 13.7. The first-order valence-corrected chi connectivity index (χ1v) is 6.84. The van der Waals surface area contributed by atoms with Crippen LogP contribution in [0.1, 0.15) is 11.1 Å². The maximum Gasteiger partial charge on any atom is 0.0992 e. The highest BCUT2D eigenvalue weighted by molar-refractivity contribution is 5.55. The SMILES string of the molecule is Cc1ccc(C#N)cc1NCCN1CCN(C)CC1. The van der Waals surface area contributed by atoms with Crippen molar-refractivity contribution in [1.29, 1.82) is 5.26 Å². The quantitative estimate of drug-likeness (QED) is 0.889. The second-order valence-corrected chi connectivity index (χ2v) is 5.21. The number of hydrogen-bond donors (Lipinski definition) is 1. The Morgan fingerprint density at radius 1 is 1.26 bits per heavy atom. The van der Waals surface area contributed by atoms with Crippen molar-refractivity contribution in [2.24, 2.45) is 0 Å². The largest absolute Gasteiger partial charge is 0.384 e. The summed E-state index contributed by atoms with van der Waals surface area (Å²) in [6.07, 6.45) is 0. The van der Waals surface area contributed by atoms with Gasteiger partial charge in [0.05, 0.1) is 11.6 Å². The van der Waals surface area contributed by atoms with Gasteiger partial charge < -0.3 is 10.2 Å². The van der Waals surface area contributed by atoms with Crippen LogP contribution >= 0.6 is 0 Å². The van der Waals surface area contributed by atoms with Crippen molar-refractivity contribution >= 4 is 5.69 Å². The van der Waals surface area contributed by atoms with Gasteiger partial charge in [0.1, 0.15) is 0 Å². The summed E-state index contributed by atoms with van der Waals surface area (Å²) in [6, 6.07) is 7.97. The first-order chi connectivity index (χ1) is 9.19. The Morgan fingerprint density at radius 3 is 2.68 bits per heavy atom. The predicted molar refractivity (Wildman–Crippen MR) is 78.3 cm³/mol. The maximum atomic E-state index is 8.92. The summed E-state index contributed by atoms with van der Waals surface area (Å²) in [6.45, 7) is 8.67. The molecule has 1 N–H and O–H groups in total. The Hall–Kier alpha value is -1.57. The lowest BCUT2D eigenvalue weighted by molar-refractivity contribution is 0.158. The van der Waals surface area contributed by atoms with Crippen LogP contribution in [0.15, 0.2) is 18.2 Å². The molecule has 0 spiro atoms. The van der Waals surface area contributed by atoms with Crippen LogP contribution in [0.4, 0.5) is 5.69 Å². The van der Waals surface area contributed by atoms with Gasteiger partial charge in [-0.1, -0.05) is 6.07 Å². The number of anilines is 1. The molecule has 1 aromatic rings. The van der Waals surface area contributed by atoms with Crippen LogP contribution in [0.2, 0.25) is 0 Å². The third-order valence-corrected chi connectivity index (χ3v) is 3.71. The number of nitrogens with zero attached hydrogens (tertiary/aromatic N) is 3. The standard InChI is InChI=1S/C15H22N4/c1-13-3-4-14(12-16)11-15(13)17-5-6-19-9-7-18(2)8-10-19/h3-4,11,17H,5-10H2,1-2H3. The minimum atomic E-state index is 0.715. The van der Waals surface area contributed by atoms with Gasteiger partial charge in [0.15, 0.2) is 0 Å². The molecule has 1 aliphatic rings. The average Bonchev–Trinajstić information content (AvgIpc) is 2.43. The lowest BCUT2D eigenvalue weighted by Crippen LogP contribution is -2.45. The molecule has 1 saturated heterocycles. The highest BCUT2D eigenvalue weighted by Gasteiger charge is 2.12. The summed E-state index contributed by atoms with van der Waals surface area (Å²) >= 11 is 0. The second-order valence-electron chi connectivity index (χ2n) is 5.21. The van der Waals surface area contributed by atoms with Gasteiger partial charge in [-0.15, -0.1) is 0 Å². The highest BCUT2D eigenvalue weighted by atomic mass is 15.2. The molecular weight excluding hydrogens is 236 g/mol. The third-order valence-electron chi connectivity index (χ3n) is 3.71. The van der Waals surface area contributed by atoms with Gasteiger partial charge in [0.25, 0.3) is 0 Å². The van der Waals surface area contributed by atoms with Gasteiger partial charge in [-0.05, 0) is 31.7 Å². The van der Waals surface area contributed by atoms with E-state index in [0.717, 1.165) is 45.0 Å². The lowest BCUT2D eigenvalue weighted by Gasteiger charge is -2.32. The summed E-state index contributed by atoms with van der Waals surface area (Å²) in [5.41, 5.74) is 2.98. The summed E-state index contributed by atoms with van der Waals surface area (Å²) in [5.74, 6) is 0. The first-order valence-electron chi connectivity index (χ1n) is 6.84. The highest BCUT2D eigenvalue weighted by Crippen LogP contribution is 2.16. The second kappa shape index (κ2) is 6.55. The molecule has 0 unspecified atom stereocenters. The molecule has 1 aliphatic heterocycles. The number of benzene rings is 1. The van der Waals surface area contributed by atoms with E-state index in [-0.39, 0.29) is 0 Å². The molecule has 2 rings (SSSR count). The van der Waals surface area contributed by atoms with Crippen LogP contribution in [0.5, 0.6) is 0 Å². The molecule has 0 bridgehead atoms. The maximum absolute atomic E-state index is 8.92. The Bertz CT molecular complexity index is 456. The zero-order valence-electron chi connectivity index (χ0n) is 11.8. The third kappa shape index (κ3) is 3.95. The molecule has 19 heavy (non-hydrogen) atoms. The zero-order valence-corrected chi connectivity index (χ0v) is 11.8. The summed E-state index contributed by atoms with van der Waals surface area (Å²) in [5, 5.41) is 12.4. The van der Waals surface area contributed by atoms with Gasteiger partial charge in [0.2, 0.25) is 0 Å². The van der Waals surface area contributed by atoms with E-state index in [1.165, 1.54) is 5.56 Å². The summed E-state index contributed by atoms with van der Waals surface area (Å²) in [7, 11) is 2.17. The van der Waals surface area contributed by atoms with E-state index in [4.69, 9.17) is 5.26 Å². The van der Waals surface area contributed by atoms with E-state index in [1.54, 1.807) is 0 Å². The molecule has 0 radical (unpaired) electrons. The van der Waals surface area contributed by atoms with Gasteiger partial charge in [-0.2, -0.15) is 5.26 Å². The van der Waals surface area contributed by atoms with Crippen LogP contribution < -0.4 is 5.32 Å². The van der Waals surface area contributed by atoms with Crippen molar-refractivity contribution < 1.29 is 0 Å². The van der Waals surface area contributed by atoms with E-state index >= 15 is 0 Å². The van der Waals surface area contributed by atoms with Gasteiger partial charge in [-0.3, -0.25) is 4.90 Å². The fraction of sp³-hybridized carbons (Fsp3) is 0.533. The van der Waals surface area contributed by atoms with Crippen molar-refractivity contribution in [2.75, 3.05) is 51.6 Å². The number of likely N-dealkylation sites (N-methyl/N-ethyl adjacent to an activating group) is 1. The van der Waals surface area contributed by atoms with Gasteiger partial charge in [0, 0.05) is 45.0 Å². The van der Waals surface area contributed by atoms with Crippen LogP contribution in [-0.2, 0) is 0 Å². The van der Waals surface area contributed by atoms with E-state index in [2.05, 4.69) is 35.2 Å². The van der Waals surface area contributed by atoms with Gasteiger partial charge >= 0.3 is 0 Å². The van der Waals surface area contributed by atoms with Crippen LogP contribution in [0, 0.1) is 18.3 Å². The number of hydrogen-bond acceptors (Lipinski definition) is 4. The number of nitrogens with one attached hydrogen (secondary N) is 1. The molecule has 0 aromatic heterocycles. The minimum Gasteiger partial charge on any atom is -0.384 e. The molecule has 102 valence electrons. The van der Waals surface area contributed by atoms with E-state index in [1.807, 2.05) is 18.2 Å². The van der Waals surface area contributed by atoms with Crippen molar-refractivity contribution in [1.82, 2.24) is 9.80 Å². The molecule has 0 aliphatic carbocycles. The molecule has 1 fully saturated rings. The van der Waals surface area contributed by atoms with Gasteiger partial charge in [-0.25, -0.2) is 0 Å². The first kappa shape index (κ1) is 13.9. The Morgan fingerprint density at radius 2 is 2.00 bits per heavy atom. The van der Waals surface area contributed by atoms with Crippen molar-refractivity contribution in [2.45, 2.75) is 6.92 Å². The van der Waals surface area contributed by atoms with Crippen LogP contribution in [0.3, 0.4) is 0 Å². The topological polar surface area (TPSA) is 42.3 Å². The number of piperazine rings is 1. The van der Waals surface area contributed by atoms with Crippen molar-refractivity contribution in [3.63, 3.8) is 0 Å². The number of rotatable bonds is 4. The molecule has 4 heteroatoms. The molecular formula is C15H22N4. The molecule has 1 heterocycles. The minimum absolute atomic E-state index is 0.715. The molecule has 1 aromatic carbocycles. The average molecular weight is 258 g/mol. The Kier molecular flexibility index (Phi) is 4.78. The summed E-state index contributed by atoms with van der Waals surface area (Å²) in [4.78, 5) is 4.85. The number of aryl methyl sites for hydroxylation is 1. The molecule has 4 nitrogen and oxygen atoms in total. The lowest BCUT2D eigenvalue weighted by atomic mass is 10.1. The van der Waals surface area contributed by atoms with Crippen LogP contribution in [0.25, 0.3) is 0 Å². The molecule has 0 amide bonds. The van der Waals surface area contributed by atoms with Crippen LogP contribution in [-0.4, -0.2) is 56.1 Å². The summed E-state index contributed by atoms with van der Waals surface area (Å²) < 4.78 is 0. The number of nitriles is 1. The Balaban J connectivity index is 1.81. The molecule has 0 atom stereocenters. The van der Waals surface area contributed by atoms with Crippen molar-refractivity contribution in [3.05, 3.63) is 29.3 Å². The normalized spacial score (nSPS) is 17.1. The predicted octanol–water partition coefficient (Wildman–Crippen LogP) is 1.53.